The van der Waals surface area contributed by atoms with Crippen LogP contribution in [0, 0.1) is 0 Å². The van der Waals surface area contributed by atoms with Gasteiger partial charge in [-0.1, -0.05) is 6.58 Å². The van der Waals surface area contributed by atoms with Gasteiger partial charge in [0.15, 0.2) is 0 Å². The molecule has 0 aromatic heterocycles. The molecule has 4 heteroatoms. The first kappa shape index (κ1) is 12.3. The van der Waals surface area contributed by atoms with Crippen LogP contribution in [-0.4, -0.2) is 24.2 Å². The second-order valence-corrected chi connectivity index (χ2v) is 3.38. The molecule has 1 rings (SSSR count). The zero-order valence-corrected chi connectivity index (χ0v) is 9.36. The molecule has 2 N–H and O–H groups in total. The number of benzene rings is 1. The van der Waals surface area contributed by atoms with E-state index in [1.165, 1.54) is 6.92 Å². The van der Waals surface area contributed by atoms with Crippen molar-refractivity contribution in [1.29, 1.82) is 0 Å². The maximum absolute atomic E-state index is 11.5. The van der Waals surface area contributed by atoms with E-state index in [9.17, 15) is 9.90 Å². The van der Waals surface area contributed by atoms with Crippen LogP contribution in [0.15, 0.2) is 36.4 Å². The lowest BCUT2D eigenvalue weighted by molar-refractivity contribution is -0.113. The van der Waals surface area contributed by atoms with Crippen molar-refractivity contribution in [2.45, 2.75) is 13.0 Å². The topological polar surface area (TPSA) is 58.6 Å². The van der Waals surface area contributed by atoms with Crippen molar-refractivity contribution in [2.24, 2.45) is 0 Å². The van der Waals surface area contributed by atoms with Gasteiger partial charge in [0.2, 0.25) is 0 Å². The third-order valence-corrected chi connectivity index (χ3v) is 2.14. The minimum atomic E-state index is -0.849. The number of methoxy groups -OCH3 is 1. The predicted molar refractivity (Wildman–Crippen MR) is 62.4 cm³/mol. The van der Waals surface area contributed by atoms with Crippen molar-refractivity contribution in [3.8, 4) is 5.75 Å². The lowest BCUT2D eigenvalue weighted by Crippen LogP contribution is -2.20. The highest BCUT2D eigenvalue weighted by molar-refractivity contribution is 6.03. The minimum Gasteiger partial charge on any atom is -0.497 e. The van der Waals surface area contributed by atoms with E-state index in [2.05, 4.69) is 11.9 Å². The molecule has 86 valence electrons. The molecule has 4 nitrogen and oxygen atoms in total. The molecule has 1 aromatic carbocycles. The number of ether oxygens (including phenoxy) is 1. The van der Waals surface area contributed by atoms with Crippen LogP contribution in [0.1, 0.15) is 6.92 Å². The molecule has 0 aliphatic heterocycles. The second-order valence-electron chi connectivity index (χ2n) is 3.38. The zero-order valence-electron chi connectivity index (χ0n) is 9.36. The van der Waals surface area contributed by atoms with Gasteiger partial charge in [0.25, 0.3) is 5.91 Å². The maximum Gasteiger partial charge on any atom is 0.253 e. The van der Waals surface area contributed by atoms with Gasteiger partial charge in [-0.05, 0) is 31.2 Å². The number of carbonyl (C=O) groups excluding carboxylic acids is 1. The number of anilines is 1. The monoisotopic (exact) mass is 221 g/mol. The highest BCUT2D eigenvalue weighted by Crippen LogP contribution is 2.15. The van der Waals surface area contributed by atoms with Gasteiger partial charge in [0.05, 0.1) is 13.2 Å². The standard InChI is InChI=1S/C12H15NO3/c1-8(9(2)14)12(15)13-10-4-6-11(16-3)7-5-10/h4-7,9,14H,1H2,2-3H3,(H,13,15). The van der Waals surface area contributed by atoms with E-state index in [0.717, 1.165) is 0 Å². The third-order valence-electron chi connectivity index (χ3n) is 2.14. The summed E-state index contributed by atoms with van der Waals surface area (Å²) in [6, 6.07) is 6.90. The van der Waals surface area contributed by atoms with E-state index in [-0.39, 0.29) is 11.5 Å². The smallest absolute Gasteiger partial charge is 0.253 e. The van der Waals surface area contributed by atoms with Crippen LogP contribution in [0.3, 0.4) is 0 Å². The van der Waals surface area contributed by atoms with E-state index < -0.39 is 6.10 Å². The van der Waals surface area contributed by atoms with Crippen LogP contribution in [0.25, 0.3) is 0 Å². The summed E-state index contributed by atoms with van der Waals surface area (Å²) in [5.74, 6) is 0.326. The summed E-state index contributed by atoms with van der Waals surface area (Å²) in [5, 5.41) is 11.8. The molecule has 0 saturated carbocycles. The highest BCUT2D eigenvalue weighted by Gasteiger charge is 2.11. The Morgan fingerprint density at radius 3 is 2.44 bits per heavy atom. The lowest BCUT2D eigenvalue weighted by Gasteiger charge is -2.09. The summed E-state index contributed by atoms with van der Waals surface area (Å²) in [6.07, 6.45) is -0.849. The Hall–Kier alpha value is -1.81. The predicted octanol–water partition coefficient (Wildman–Crippen LogP) is 1.57. The van der Waals surface area contributed by atoms with Gasteiger partial charge in [-0.3, -0.25) is 4.79 Å². The molecule has 16 heavy (non-hydrogen) atoms. The van der Waals surface area contributed by atoms with Crippen LogP contribution in [0.4, 0.5) is 5.69 Å². The molecule has 1 aromatic rings. The molecule has 0 aliphatic carbocycles. The molecule has 1 amide bonds. The molecule has 0 spiro atoms. The van der Waals surface area contributed by atoms with Gasteiger partial charge in [0, 0.05) is 11.3 Å². The van der Waals surface area contributed by atoms with Crippen LogP contribution >= 0.6 is 0 Å². The molecule has 0 bridgehead atoms. The molecule has 0 heterocycles. The van der Waals surface area contributed by atoms with Gasteiger partial charge in [-0.25, -0.2) is 0 Å². The Kier molecular flexibility index (Phi) is 4.08. The average molecular weight is 221 g/mol. The Balaban J connectivity index is 2.66. The fraction of sp³-hybridized carbons (Fsp3) is 0.250. The fourth-order valence-electron chi connectivity index (χ4n) is 1.08. The molecular formula is C12H15NO3. The van der Waals surface area contributed by atoms with Crippen molar-refractivity contribution in [3.05, 3.63) is 36.4 Å². The normalized spacial score (nSPS) is 11.7. The average Bonchev–Trinajstić information content (AvgIpc) is 2.28. The SMILES string of the molecule is C=C(C(=O)Nc1ccc(OC)cc1)C(C)O. The first-order chi connectivity index (χ1) is 7.54. The Morgan fingerprint density at radius 2 is 2.00 bits per heavy atom. The number of hydrogen-bond donors (Lipinski definition) is 2. The van der Waals surface area contributed by atoms with Crippen molar-refractivity contribution in [1.82, 2.24) is 0 Å². The zero-order chi connectivity index (χ0) is 12.1. The summed E-state index contributed by atoms with van der Waals surface area (Å²) in [7, 11) is 1.57. The summed E-state index contributed by atoms with van der Waals surface area (Å²) >= 11 is 0. The second kappa shape index (κ2) is 5.32. The van der Waals surface area contributed by atoms with Crippen molar-refractivity contribution < 1.29 is 14.6 Å². The summed E-state index contributed by atoms with van der Waals surface area (Å²) in [4.78, 5) is 11.5. The van der Waals surface area contributed by atoms with E-state index in [4.69, 9.17) is 4.74 Å². The minimum absolute atomic E-state index is 0.135. The number of carbonyl (C=O) groups is 1. The van der Waals surface area contributed by atoms with Crippen molar-refractivity contribution in [3.63, 3.8) is 0 Å². The summed E-state index contributed by atoms with van der Waals surface area (Å²) in [5.41, 5.74) is 0.767. The fourth-order valence-corrected chi connectivity index (χ4v) is 1.08. The Morgan fingerprint density at radius 1 is 1.44 bits per heavy atom. The Bertz CT molecular complexity index is 382. The van der Waals surface area contributed by atoms with E-state index >= 15 is 0 Å². The lowest BCUT2D eigenvalue weighted by atomic mass is 10.2. The van der Waals surface area contributed by atoms with Crippen molar-refractivity contribution >= 4 is 11.6 Å². The molecule has 0 radical (unpaired) electrons. The first-order valence-corrected chi connectivity index (χ1v) is 4.87. The van der Waals surface area contributed by atoms with Gasteiger partial charge in [0.1, 0.15) is 5.75 Å². The van der Waals surface area contributed by atoms with Crippen LogP contribution in [-0.2, 0) is 4.79 Å². The maximum atomic E-state index is 11.5. The summed E-state index contributed by atoms with van der Waals surface area (Å²) < 4.78 is 4.99. The highest BCUT2D eigenvalue weighted by atomic mass is 16.5. The van der Waals surface area contributed by atoms with Gasteiger partial charge >= 0.3 is 0 Å². The largest absolute Gasteiger partial charge is 0.497 e. The quantitative estimate of drug-likeness (QED) is 0.759. The van der Waals surface area contributed by atoms with Gasteiger partial charge in [-0.15, -0.1) is 0 Å². The third kappa shape index (κ3) is 3.10. The summed E-state index contributed by atoms with van der Waals surface area (Å²) in [6.45, 7) is 4.99. The number of rotatable bonds is 4. The van der Waals surface area contributed by atoms with E-state index in [1.807, 2.05) is 0 Å². The molecular weight excluding hydrogens is 206 g/mol. The van der Waals surface area contributed by atoms with Gasteiger partial charge < -0.3 is 15.2 Å². The first-order valence-electron chi connectivity index (χ1n) is 4.87. The van der Waals surface area contributed by atoms with Crippen molar-refractivity contribution in [2.75, 3.05) is 12.4 Å². The number of hydrogen-bond acceptors (Lipinski definition) is 3. The van der Waals surface area contributed by atoms with Gasteiger partial charge in [-0.2, -0.15) is 0 Å². The van der Waals surface area contributed by atoms with Crippen LogP contribution in [0.5, 0.6) is 5.75 Å². The number of nitrogens with one attached hydrogen (secondary N) is 1. The number of amides is 1. The van der Waals surface area contributed by atoms with Crippen LogP contribution in [0.2, 0.25) is 0 Å². The van der Waals surface area contributed by atoms with E-state index in [1.54, 1.807) is 31.4 Å². The number of aliphatic hydroxyl groups excluding tert-OH is 1. The molecule has 0 saturated heterocycles. The molecule has 0 fully saturated rings. The Labute approximate surface area is 94.6 Å². The molecule has 0 aliphatic rings. The van der Waals surface area contributed by atoms with Crippen LogP contribution < -0.4 is 10.1 Å². The number of aliphatic hydroxyl groups is 1. The molecule has 1 atom stereocenters. The molecule has 1 unspecified atom stereocenters. The van der Waals surface area contributed by atoms with E-state index in [0.29, 0.717) is 11.4 Å².